The topological polar surface area (TPSA) is 86.8 Å². The molecule has 1 aromatic carbocycles. The number of rotatable bonds is 6. The third kappa shape index (κ3) is 4.55. The molecule has 1 atom stereocenters. The van der Waals surface area contributed by atoms with E-state index in [9.17, 15) is 10.1 Å². The summed E-state index contributed by atoms with van der Waals surface area (Å²) in [6.45, 7) is 1.06. The van der Waals surface area contributed by atoms with Crippen LogP contribution in [0.15, 0.2) is 35.3 Å². The van der Waals surface area contributed by atoms with Gasteiger partial charge in [-0.3, -0.25) is 9.36 Å². The van der Waals surface area contributed by atoms with Crippen LogP contribution in [0.25, 0.3) is 11.0 Å². The van der Waals surface area contributed by atoms with Gasteiger partial charge in [0.1, 0.15) is 17.3 Å². The van der Waals surface area contributed by atoms with Gasteiger partial charge in [0.05, 0.1) is 0 Å². The van der Waals surface area contributed by atoms with Crippen molar-refractivity contribution in [1.82, 2.24) is 19.4 Å². The average molecular weight is 457 g/mol. The van der Waals surface area contributed by atoms with E-state index >= 15 is 0 Å². The van der Waals surface area contributed by atoms with Crippen molar-refractivity contribution in [3.63, 3.8) is 0 Å². The minimum Gasteiger partial charge on any atom is -0.351 e. The molecule has 2 aliphatic carbocycles. The second-order valence-corrected chi connectivity index (χ2v) is 10.00. The number of anilines is 1. The van der Waals surface area contributed by atoms with Crippen LogP contribution in [0.5, 0.6) is 0 Å². The van der Waals surface area contributed by atoms with Crippen LogP contribution in [0.3, 0.4) is 0 Å². The Morgan fingerprint density at radius 2 is 2.00 bits per heavy atom. The molecule has 0 amide bonds. The first-order valence-corrected chi connectivity index (χ1v) is 12.4. The number of hydrogen-bond donors (Lipinski definition) is 1. The zero-order chi connectivity index (χ0) is 23.7. The predicted octanol–water partition coefficient (Wildman–Crippen LogP) is 3.85. The zero-order valence-electron chi connectivity index (χ0n) is 20.0. The number of pyridine rings is 1. The first-order valence-electron chi connectivity index (χ1n) is 12.4. The summed E-state index contributed by atoms with van der Waals surface area (Å²) >= 11 is 0. The maximum absolute atomic E-state index is 13.0. The lowest BCUT2D eigenvalue weighted by atomic mass is 9.87. The fourth-order valence-electron chi connectivity index (χ4n) is 5.39. The number of benzene rings is 1. The highest BCUT2D eigenvalue weighted by molar-refractivity contribution is 5.77. The summed E-state index contributed by atoms with van der Waals surface area (Å²) < 4.78 is 1.75. The highest BCUT2D eigenvalue weighted by Gasteiger charge is 2.24. The molecular weight excluding hydrogens is 424 g/mol. The summed E-state index contributed by atoms with van der Waals surface area (Å²) in [6.07, 6.45) is 9.91. The van der Waals surface area contributed by atoms with Crippen molar-refractivity contribution in [1.29, 1.82) is 5.26 Å². The first-order chi connectivity index (χ1) is 16.5. The van der Waals surface area contributed by atoms with Crippen LogP contribution in [0, 0.1) is 11.3 Å². The van der Waals surface area contributed by atoms with Crippen LogP contribution in [0.2, 0.25) is 0 Å². The molecule has 0 bridgehead atoms. The number of nitrogens with zero attached hydrogens (tertiary/aromatic N) is 5. The maximum atomic E-state index is 13.0. The summed E-state index contributed by atoms with van der Waals surface area (Å²) in [5.74, 6) is 0.555. The molecule has 0 spiro atoms. The van der Waals surface area contributed by atoms with Crippen molar-refractivity contribution in [3.8, 4) is 6.07 Å². The van der Waals surface area contributed by atoms with Gasteiger partial charge in [-0.05, 0) is 75.4 Å². The van der Waals surface area contributed by atoms with Gasteiger partial charge < -0.3 is 10.2 Å². The molecule has 2 aliphatic rings. The monoisotopic (exact) mass is 456 g/mol. The van der Waals surface area contributed by atoms with Crippen LogP contribution in [-0.4, -0.2) is 46.1 Å². The average Bonchev–Trinajstić information content (AvgIpc) is 3.36. The Balaban J connectivity index is 1.38. The van der Waals surface area contributed by atoms with Crippen molar-refractivity contribution in [2.45, 2.75) is 63.5 Å². The largest absolute Gasteiger partial charge is 0.351 e. The lowest BCUT2D eigenvalue weighted by molar-refractivity contribution is 0.413. The fraction of sp³-hybridized carbons (Fsp3) is 0.481. The van der Waals surface area contributed by atoms with Gasteiger partial charge in [0.2, 0.25) is 5.95 Å². The second-order valence-electron chi connectivity index (χ2n) is 10.00. The highest BCUT2D eigenvalue weighted by atomic mass is 16.1. The number of fused-ring (bicyclic) bond motifs is 2. The van der Waals surface area contributed by atoms with Gasteiger partial charge in [0.25, 0.3) is 5.56 Å². The summed E-state index contributed by atoms with van der Waals surface area (Å²) in [5.41, 5.74) is 4.81. The Labute approximate surface area is 200 Å². The van der Waals surface area contributed by atoms with E-state index < -0.39 is 0 Å². The van der Waals surface area contributed by atoms with Gasteiger partial charge >= 0.3 is 0 Å². The predicted molar refractivity (Wildman–Crippen MR) is 134 cm³/mol. The smallest absolute Gasteiger partial charge is 0.270 e. The number of hydrogen-bond acceptors (Lipinski definition) is 6. The molecule has 176 valence electrons. The number of nitrogens with one attached hydrogen (secondary N) is 1. The van der Waals surface area contributed by atoms with Gasteiger partial charge in [-0.25, -0.2) is 4.98 Å². The van der Waals surface area contributed by atoms with E-state index in [1.54, 1.807) is 16.8 Å². The zero-order valence-corrected chi connectivity index (χ0v) is 20.0. The maximum Gasteiger partial charge on any atom is 0.270 e. The molecule has 34 heavy (non-hydrogen) atoms. The molecule has 2 aromatic heterocycles. The molecule has 0 aliphatic heterocycles. The van der Waals surface area contributed by atoms with Crippen LogP contribution < -0.4 is 10.9 Å². The summed E-state index contributed by atoms with van der Waals surface area (Å²) in [7, 11) is 4.22. The van der Waals surface area contributed by atoms with Crippen molar-refractivity contribution in [2.24, 2.45) is 0 Å². The summed E-state index contributed by atoms with van der Waals surface area (Å²) in [5, 5.41) is 13.7. The second kappa shape index (κ2) is 9.55. The Morgan fingerprint density at radius 3 is 2.76 bits per heavy atom. The summed E-state index contributed by atoms with van der Waals surface area (Å²) in [6, 6.07) is 10.9. The normalized spacial score (nSPS) is 18.2. The molecule has 3 aromatic rings. The van der Waals surface area contributed by atoms with Crippen molar-refractivity contribution < 1.29 is 0 Å². The van der Waals surface area contributed by atoms with E-state index in [1.165, 1.54) is 16.7 Å². The van der Waals surface area contributed by atoms with Crippen LogP contribution >= 0.6 is 0 Å². The molecule has 1 N–H and O–H groups in total. The Morgan fingerprint density at radius 1 is 1.18 bits per heavy atom. The Kier molecular flexibility index (Phi) is 6.34. The minimum absolute atomic E-state index is 0.106. The van der Waals surface area contributed by atoms with Gasteiger partial charge in [0.15, 0.2) is 0 Å². The third-order valence-electron chi connectivity index (χ3n) is 7.26. The van der Waals surface area contributed by atoms with Crippen LogP contribution in [0.4, 0.5) is 5.95 Å². The first kappa shape index (κ1) is 22.5. The third-order valence-corrected chi connectivity index (χ3v) is 7.26. The lowest BCUT2D eigenvalue weighted by Crippen LogP contribution is -2.29. The van der Waals surface area contributed by atoms with E-state index in [0.29, 0.717) is 11.6 Å². The highest BCUT2D eigenvalue weighted by Crippen LogP contribution is 2.31. The number of likely N-dealkylation sites (N-methyl/N-ethyl adjacent to an activating group) is 1. The van der Waals surface area contributed by atoms with Crippen molar-refractivity contribution in [3.05, 3.63) is 63.1 Å². The SMILES string of the molecule is CN(C)CCc1ccc2c(c1)CCC(Nc1ncc3cc(C#N)c(=O)n(C4CCCC4)c3n1)C2. The quantitative estimate of drug-likeness (QED) is 0.606. The molecular formula is C27H32N6O. The van der Waals surface area contributed by atoms with Gasteiger partial charge in [0, 0.05) is 30.2 Å². The minimum atomic E-state index is -0.233. The molecule has 1 unspecified atom stereocenters. The Hall–Kier alpha value is -3.24. The molecule has 7 heteroatoms. The fourth-order valence-corrected chi connectivity index (χ4v) is 5.39. The van der Waals surface area contributed by atoms with Crippen LogP contribution in [-0.2, 0) is 19.3 Å². The van der Waals surface area contributed by atoms with Crippen LogP contribution in [0.1, 0.15) is 60.4 Å². The standard InChI is InChI=1S/C27H32N6O/c1-32(2)12-11-18-7-8-20-15-23(10-9-19(20)13-18)30-27-29-17-22-14-21(16-28)26(34)33(25(22)31-27)24-5-3-4-6-24/h7-8,13-14,17,23-24H,3-6,9-12,15H2,1-2H3,(H,29,30,31). The van der Waals surface area contributed by atoms with Crippen molar-refractivity contribution >= 4 is 17.0 Å². The number of nitriles is 1. The number of aryl methyl sites for hydroxylation is 1. The molecule has 0 saturated heterocycles. The molecule has 1 fully saturated rings. The summed E-state index contributed by atoms with van der Waals surface area (Å²) in [4.78, 5) is 24.5. The van der Waals surface area contributed by atoms with E-state index in [4.69, 9.17) is 4.98 Å². The lowest BCUT2D eigenvalue weighted by Gasteiger charge is -2.26. The van der Waals surface area contributed by atoms with E-state index in [2.05, 4.69) is 53.6 Å². The van der Waals surface area contributed by atoms with Crippen molar-refractivity contribution in [2.75, 3.05) is 26.0 Å². The Bertz CT molecular complexity index is 1300. The van der Waals surface area contributed by atoms with E-state index in [-0.39, 0.29) is 23.2 Å². The molecule has 2 heterocycles. The molecule has 7 nitrogen and oxygen atoms in total. The van der Waals surface area contributed by atoms with E-state index in [1.807, 2.05) is 0 Å². The van der Waals surface area contributed by atoms with E-state index in [0.717, 1.165) is 63.3 Å². The van der Waals surface area contributed by atoms with Gasteiger partial charge in [-0.2, -0.15) is 10.2 Å². The molecule has 1 saturated carbocycles. The number of aromatic nitrogens is 3. The molecule has 0 radical (unpaired) electrons. The molecule has 5 rings (SSSR count). The van der Waals surface area contributed by atoms with Gasteiger partial charge in [-0.1, -0.05) is 31.0 Å². The van der Waals surface area contributed by atoms with Gasteiger partial charge in [-0.15, -0.1) is 0 Å².